The van der Waals surface area contributed by atoms with Crippen LogP contribution >= 0.6 is 0 Å². The van der Waals surface area contributed by atoms with Crippen LogP contribution in [0.1, 0.15) is 5.56 Å². The maximum atomic E-state index is 4.86. The quantitative estimate of drug-likeness (QED) is 0.205. The highest BCUT2D eigenvalue weighted by molar-refractivity contribution is 6.13. The molecule has 0 unspecified atom stereocenters. The lowest BCUT2D eigenvalue weighted by atomic mass is 9.97. The van der Waals surface area contributed by atoms with Gasteiger partial charge >= 0.3 is 0 Å². The van der Waals surface area contributed by atoms with Crippen LogP contribution in [0.5, 0.6) is 0 Å². The third-order valence-electron chi connectivity index (χ3n) is 8.70. The van der Waals surface area contributed by atoms with E-state index in [1.807, 2.05) is 0 Å². The van der Waals surface area contributed by atoms with E-state index in [4.69, 9.17) is 10.2 Å². The molecule has 3 heterocycles. The average Bonchev–Trinajstić information content (AvgIpc) is 3.65. The molecule has 9 aromatic rings. The molecule has 0 atom stereocenters. The first-order valence-electron chi connectivity index (χ1n) is 14.6. The van der Waals surface area contributed by atoms with Crippen molar-refractivity contribution in [3.63, 3.8) is 0 Å². The molecular weight excluding hydrogens is 524 g/mol. The first kappa shape index (κ1) is 23.9. The van der Waals surface area contributed by atoms with Crippen LogP contribution in [0.25, 0.3) is 77.3 Å². The first-order valence-corrected chi connectivity index (χ1v) is 14.6. The molecule has 0 amide bonds. The molecule has 0 spiro atoms. The molecule has 0 radical (unpaired) electrons. The van der Waals surface area contributed by atoms with Gasteiger partial charge in [0.25, 0.3) is 0 Å². The van der Waals surface area contributed by atoms with Gasteiger partial charge in [-0.05, 0) is 47.7 Å². The van der Waals surface area contributed by atoms with Crippen molar-refractivity contribution in [2.24, 2.45) is 0 Å². The van der Waals surface area contributed by atoms with Crippen molar-refractivity contribution in [1.29, 1.82) is 0 Å². The number of para-hydroxylation sites is 3. The topological polar surface area (TPSA) is 35.1 Å². The summed E-state index contributed by atoms with van der Waals surface area (Å²) < 4.78 is 4.64. The van der Waals surface area contributed by atoms with Gasteiger partial charge < -0.3 is 4.57 Å². The smallest absolute Gasteiger partial charge is 0.169 e. The predicted molar refractivity (Wildman–Crippen MR) is 178 cm³/mol. The van der Waals surface area contributed by atoms with E-state index in [9.17, 15) is 0 Å². The largest absolute Gasteiger partial charge is 0.309 e. The lowest BCUT2D eigenvalue weighted by molar-refractivity contribution is 1.12. The van der Waals surface area contributed by atoms with E-state index in [1.54, 1.807) is 0 Å². The standard InChI is InChI=1S/C39H26N4/c1-25-22-23-31-30-16-8-10-20-35(30)42(37(31)24-25)34-19-9-6-14-28(34)26-12-2-4-17-32(26)38-40-41-39-33-18-5-3-13-27(33)29-15-7-11-21-36(29)43(38)39/h2-24H,1H3. The van der Waals surface area contributed by atoms with Gasteiger partial charge in [0.2, 0.25) is 0 Å². The summed E-state index contributed by atoms with van der Waals surface area (Å²) in [4.78, 5) is 0. The van der Waals surface area contributed by atoms with Gasteiger partial charge in [0, 0.05) is 32.7 Å². The molecule has 0 fully saturated rings. The van der Waals surface area contributed by atoms with E-state index in [0.29, 0.717) is 0 Å². The van der Waals surface area contributed by atoms with E-state index in [0.717, 1.165) is 44.8 Å². The van der Waals surface area contributed by atoms with Crippen molar-refractivity contribution < 1.29 is 0 Å². The molecule has 0 aliphatic rings. The molecule has 0 aliphatic heterocycles. The van der Waals surface area contributed by atoms with Gasteiger partial charge in [-0.3, -0.25) is 4.40 Å². The van der Waals surface area contributed by atoms with E-state index < -0.39 is 0 Å². The lowest BCUT2D eigenvalue weighted by Crippen LogP contribution is -1.99. The molecule has 9 rings (SSSR count). The second-order valence-electron chi connectivity index (χ2n) is 11.2. The van der Waals surface area contributed by atoms with Gasteiger partial charge in [0.15, 0.2) is 11.5 Å². The second kappa shape index (κ2) is 9.13. The summed E-state index contributed by atoms with van der Waals surface area (Å²) in [6.45, 7) is 2.16. The van der Waals surface area contributed by atoms with Gasteiger partial charge in [0.05, 0.1) is 22.2 Å². The number of nitrogens with zero attached hydrogens (tertiary/aromatic N) is 4. The maximum Gasteiger partial charge on any atom is 0.169 e. The molecule has 0 saturated heterocycles. The van der Waals surface area contributed by atoms with Crippen LogP contribution in [0.4, 0.5) is 0 Å². The number of benzene rings is 6. The van der Waals surface area contributed by atoms with Crippen molar-refractivity contribution in [2.75, 3.05) is 0 Å². The number of rotatable bonds is 3. The Hall–Kier alpha value is -5.74. The summed E-state index contributed by atoms with van der Waals surface area (Å²) in [5, 5.41) is 15.6. The van der Waals surface area contributed by atoms with Crippen molar-refractivity contribution in [3.8, 4) is 28.2 Å². The predicted octanol–water partition coefficient (Wildman–Crippen LogP) is 9.78. The Morgan fingerprint density at radius 3 is 1.84 bits per heavy atom. The van der Waals surface area contributed by atoms with Crippen LogP contribution < -0.4 is 0 Å². The van der Waals surface area contributed by atoms with Gasteiger partial charge in [-0.15, -0.1) is 10.2 Å². The normalized spacial score (nSPS) is 11.8. The summed E-state index contributed by atoms with van der Waals surface area (Å²) in [5.41, 5.74) is 10.0. The number of fused-ring (bicyclic) bond motifs is 9. The Bertz CT molecular complexity index is 2530. The van der Waals surface area contributed by atoms with Crippen LogP contribution in [0, 0.1) is 6.92 Å². The third kappa shape index (κ3) is 3.44. The minimum atomic E-state index is 0.834. The molecular formula is C39H26N4. The highest BCUT2D eigenvalue weighted by atomic mass is 15.2. The zero-order chi connectivity index (χ0) is 28.5. The molecule has 0 bridgehead atoms. The van der Waals surface area contributed by atoms with Crippen LogP contribution in [0.2, 0.25) is 0 Å². The van der Waals surface area contributed by atoms with E-state index in [-0.39, 0.29) is 0 Å². The fourth-order valence-corrected chi connectivity index (χ4v) is 6.82. The molecule has 202 valence electrons. The zero-order valence-electron chi connectivity index (χ0n) is 23.6. The zero-order valence-corrected chi connectivity index (χ0v) is 23.6. The van der Waals surface area contributed by atoms with Crippen molar-refractivity contribution in [3.05, 3.63) is 145 Å². The highest BCUT2D eigenvalue weighted by Crippen LogP contribution is 2.40. The summed E-state index contributed by atoms with van der Waals surface area (Å²) in [6, 6.07) is 49.7. The lowest BCUT2D eigenvalue weighted by Gasteiger charge is -2.17. The summed E-state index contributed by atoms with van der Waals surface area (Å²) >= 11 is 0. The minimum Gasteiger partial charge on any atom is -0.309 e. The van der Waals surface area contributed by atoms with E-state index in [2.05, 4.69) is 155 Å². The molecule has 43 heavy (non-hydrogen) atoms. The second-order valence-corrected chi connectivity index (χ2v) is 11.2. The third-order valence-corrected chi connectivity index (χ3v) is 8.70. The van der Waals surface area contributed by atoms with Gasteiger partial charge in [0.1, 0.15) is 0 Å². The van der Waals surface area contributed by atoms with Crippen molar-refractivity contribution in [2.45, 2.75) is 6.92 Å². The van der Waals surface area contributed by atoms with E-state index >= 15 is 0 Å². The van der Waals surface area contributed by atoms with Crippen molar-refractivity contribution >= 4 is 49.1 Å². The monoisotopic (exact) mass is 550 g/mol. The van der Waals surface area contributed by atoms with Crippen LogP contribution in [0.3, 0.4) is 0 Å². The average molecular weight is 551 g/mol. The molecule has 4 heteroatoms. The van der Waals surface area contributed by atoms with Gasteiger partial charge in [-0.25, -0.2) is 0 Å². The maximum absolute atomic E-state index is 4.86. The molecule has 0 N–H and O–H groups in total. The minimum absolute atomic E-state index is 0.834. The fraction of sp³-hybridized carbons (Fsp3) is 0.0256. The fourth-order valence-electron chi connectivity index (χ4n) is 6.82. The molecule has 6 aromatic carbocycles. The Kier molecular flexibility index (Phi) is 5.08. The Labute approximate surface area is 248 Å². The highest BCUT2D eigenvalue weighted by Gasteiger charge is 2.21. The number of hydrogen-bond acceptors (Lipinski definition) is 2. The Morgan fingerprint density at radius 1 is 0.442 bits per heavy atom. The van der Waals surface area contributed by atoms with Gasteiger partial charge in [-0.1, -0.05) is 115 Å². The first-order chi connectivity index (χ1) is 21.3. The number of pyridine rings is 1. The summed E-state index contributed by atoms with van der Waals surface area (Å²) in [7, 11) is 0. The molecule has 0 saturated carbocycles. The molecule has 3 aromatic heterocycles. The number of aromatic nitrogens is 4. The molecule has 0 aliphatic carbocycles. The molecule has 4 nitrogen and oxygen atoms in total. The Balaban J connectivity index is 1.36. The van der Waals surface area contributed by atoms with Crippen molar-refractivity contribution in [1.82, 2.24) is 19.2 Å². The summed E-state index contributed by atoms with van der Waals surface area (Å²) in [6.07, 6.45) is 0. The Morgan fingerprint density at radius 2 is 1.02 bits per heavy atom. The number of hydrogen-bond donors (Lipinski definition) is 0. The summed E-state index contributed by atoms with van der Waals surface area (Å²) in [5.74, 6) is 0.834. The SMILES string of the molecule is Cc1ccc2c3ccccc3n(-c3ccccc3-c3ccccc3-c3nnc4c5ccccc5c5ccccc5n34)c2c1. The van der Waals surface area contributed by atoms with Crippen LogP contribution in [0.15, 0.2) is 140 Å². The van der Waals surface area contributed by atoms with Crippen LogP contribution in [-0.2, 0) is 0 Å². The van der Waals surface area contributed by atoms with Gasteiger partial charge in [-0.2, -0.15) is 0 Å². The van der Waals surface area contributed by atoms with E-state index in [1.165, 1.54) is 38.1 Å². The number of aryl methyl sites for hydroxylation is 1. The van der Waals surface area contributed by atoms with Crippen LogP contribution in [-0.4, -0.2) is 19.2 Å².